The molecule has 0 spiro atoms. The summed E-state index contributed by atoms with van der Waals surface area (Å²) in [6.45, 7) is 10.4. The molecular weight excluding hydrogens is 411 g/mol. The van der Waals surface area contributed by atoms with Gasteiger partial charge in [-0.3, -0.25) is 4.79 Å². The van der Waals surface area contributed by atoms with E-state index in [1.807, 2.05) is 13.0 Å². The van der Waals surface area contributed by atoms with E-state index in [1.54, 1.807) is 58.9 Å². The van der Waals surface area contributed by atoms with Crippen LogP contribution in [0.5, 0.6) is 0 Å². The zero-order valence-electron chi connectivity index (χ0n) is 19.3. The Hall–Kier alpha value is -3.40. The van der Waals surface area contributed by atoms with Crippen molar-refractivity contribution < 1.29 is 23.5 Å². The van der Waals surface area contributed by atoms with E-state index in [9.17, 15) is 14.9 Å². The van der Waals surface area contributed by atoms with Crippen molar-refractivity contribution in [2.75, 3.05) is 6.61 Å². The maximum Gasteiger partial charge on any atom is 0.408 e. The average Bonchev–Trinajstić information content (AvgIpc) is 2.68. The molecular formula is C25H29FN2O4. The van der Waals surface area contributed by atoms with Crippen LogP contribution in [-0.4, -0.2) is 24.3 Å². The maximum absolute atomic E-state index is 15.2. The lowest BCUT2D eigenvalue weighted by molar-refractivity contribution is -0.143. The molecule has 0 saturated heterocycles. The summed E-state index contributed by atoms with van der Waals surface area (Å²) in [5, 5.41) is 12.2. The molecule has 32 heavy (non-hydrogen) atoms. The highest BCUT2D eigenvalue weighted by atomic mass is 19.1. The molecule has 0 fully saturated rings. The van der Waals surface area contributed by atoms with E-state index in [1.165, 1.54) is 0 Å². The van der Waals surface area contributed by atoms with Crippen LogP contribution < -0.4 is 5.32 Å². The van der Waals surface area contributed by atoms with Crippen LogP contribution in [0.1, 0.15) is 62.4 Å². The van der Waals surface area contributed by atoms with Crippen LogP contribution in [0.25, 0.3) is 11.1 Å². The molecule has 1 atom stereocenters. The van der Waals surface area contributed by atoms with Gasteiger partial charge in [-0.2, -0.15) is 5.26 Å². The molecule has 1 N–H and O–H groups in total. The number of hydrogen-bond acceptors (Lipinski definition) is 5. The molecule has 0 aliphatic carbocycles. The topological polar surface area (TPSA) is 88.4 Å². The van der Waals surface area contributed by atoms with E-state index in [2.05, 4.69) is 11.4 Å². The minimum atomic E-state index is -1.02. The highest BCUT2D eigenvalue weighted by Gasteiger charge is 2.27. The minimum absolute atomic E-state index is 0.117. The molecule has 0 heterocycles. The number of ether oxygens (including phenoxy) is 2. The van der Waals surface area contributed by atoms with E-state index in [0.717, 1.165) is 5.56 Å². The molecule has 170 valence electrons. The molecule has 6 nitrogen and oxygen atoms in total. The number of esters is 1. The van der Waals surface area contributed by atoms with Crippen LogP contribution in [0.3, 0.4) is 0 Å². The third-order valence-electron chi connectivity index (χ3n) is 4.71. The summed E-state index contributed by atoms with van der Waals surface area (Å²) >= 11 is 0. The normalized spacial score (nSPS) is 11.9. The average molecular weight is 441 g/mol. The summed E-state index contributed by atoms with van der Waals surface area (Å²) in [5.41, 5.74) is 2.26. The zero-order chi connectivity index (χ0) is 24.1. The van der Waals surface area contributed by atoms with Crippen molar-refractivity contribution in [2.45, 2.75) is 59.6 Å². The molecule has 0 aliphatic heterocycles. The predicted octanol–water partition coefficient (Wildman–Crippen LogP) is 5.50. The first-order chi connectivity index (χ1) is 15.0. The van der Waals surface area contributed by atoms with E-state index in [-0.39, 0.29) is 18.6 Å². The van der Waals surface area contributed by atoms with Gasteiger partial charge < -0.3 is 14.8 Å². The molecule has 2 aromatic carbocycles. The maximum atomic E-state index is 15.2. The van der Waals surface area contributed by atoms with E-state index in [0.29, 0.717) is 22.3 Å². The molecule has 1 amide bonds. The number of amides is 1. The molecule has 2 aromatic rings. The van der Waals surface area contributed by atoms with Gasteiger partial charge in [0.25, 0.3) is 0 Å². The van der Waals surface area contributed by atoms with Gasteiger partial charge in [-0.1, -0.05) is 12.1 Å². The number of hydrogen-bond donors (Lipinski definition) is 1. The summed E-state index contributed by atoms with van der Waals surface area (Å²) in [7, 11) is 0. The fraction of sp³-hybridized carbons (Fsp3) is 0.400. The first-order valence-electron chi connectivity index (χ1n) is 10.4. The van der Waals surface area contributed by atoms with Gasteiger partial charge in [0.05, 0.1) is 30.7 Å². The largest absolute Gasteiger partial charge is 0.466 e. The number of nitrogens with zero attached hydrogens (tertiary/aromatic N) is 1. The number of rotatable bonds is 6. The fourth-order valence-corrected chi connectivity index (χ4v) is 3.41. The lowest BCUT2D eigenvalue weighted by Gasteiger charge is -2.24. The van der Waals surface area contributed by atoms with Crippen LogP contribution in [0, 0.1) is 31.0 Å². The highest BCUT2D eigenvalue weighted by Crippen LogP contribution is 2.33. The molecule has 0 aliphatic rings. The Morgan fingerprint density at radius 1 is 1.19 bits per heavy atom. The Balaban J connectivity index is 2.59. The van der Waals surface area contributed by atoms with Crippen LogP contribution in [0.15, 0.2) is 30.3 Å². The van der Waals surface area contributed by atoms with Gasteiger partial charge in [0.2, 0.25) is 0 Å². The Kier molecular flexibility index (Phi) is 7.98. The van der Waals surface area contributed by atoms with Crippen LogP contribution in [-0.2, 0) is 14.3 Å². The number of benzene rings is 2. The highest BCUT2D eigenvalue weighted by molar-refractivity contribution is 5.77. The van der Waals surface area contributed by atoms with Crippen LogP contribution in [0.4, 0.5) is 9.18 Å². The van der Waals surface area contributed by atoms with Crippen molar-refractivity contribution in [1.29, 1.82) is 5.26 Å². The fourth-order valence-electron chi connectivity index (χ4n) is 3.41. The SMILES string of the molecule is CCOC(=O)CC(NC(=O)OC(C)(C)C)c1cc(-c2c(C)cccc2C#N)cc(C)c1F. The van der Waals surface area contributed by atoms with E-state index < -0.39 is 29.5 Å². The first kappa shape index (κ1) is 24.9. The Labute approximate surface area is 188 Å². The molecule has 0 bridgehead atoms. The molecule has 0 radical (unpaired) electrons. The van der Waals surface area contributed by atoms with E-state index >= 15 is 4.39 Å². The van der Waals surface area contributed by atoms with Gasteiger partial charge in [0, 0.05) is 11.1 Å². The molecule has 0 saturated carbocycles. The third kappa shape index (κ3) is 6.30. The second kappa shape index (κ2) is 10.3. The van der Waals surface area contributed by atoms with Gasteiger partial charge in [-0.05, 0) is 76.4 Å². The monoisotopic (exact) mass is 440 g/mol. The quantitative estimate of drug-likeness (QED) is 0.599. The zero-order valence-corrected chi connectivity index (χ0v) is 19.3. The summed E-state index contributed by atoms with van der Waals surface area (Å²) in [5.74, 6) is -1.13. The van der Waals surface area contributed by atoms with Crippen molar-refractivity contribution >= 4 is 12.1 Å². The smallest absolute Gasteiger partial charge is 0.408 e. The number of carbonyl (C=O) groups excluding carboxylic acids is 2. The Morgan fingerprint density at radius 2 is 1.88 bits per heavy atom. The number of carbonyl (C=O) groups is 2. The molecule has 7 heteroatoms. The Morgan fingerprint density at radius 3 is 2.47 bits per heavy atom. The van der Waals surface area contributed by atoms with Gasteiger partial charge in [0.1, 0.15) is 11.4 Å². The minimum Gasteiger partial charge on any atom is -0.466 e. The standard InChI is InChI=1S/C25H29FN2O4/c1-7-31-21(29)13-20(28-24(30)32-25(4,5)6)19-12-18(11-16(3)23(19)26)22-15(2)9-8-10-17(22)14-27/h8-12,20H,7,13H2,1-6H3,(H,28,30). The van der Waals surface area contributed by atoms with Crippen molar-refractivity contribution in [1.82, 2.24) is 5.32 Å². The van der Waals surface area contributed by atoms with Crippen molar-refractivity contribution in [3.05, 3.63) is 58.4 Å². The van der Waals surface area contributed by atoms with Gasteiger partial charge in [0.15, 0.2) is 0 Å². The number of nitrogens with one attached hydrogen (secondary N) is 1. The Bertz CT molecular complexity index is 1050. The molecule has 2 rings (SSSR count). The van der Waals surface area contributed by atoms with Gasteiger partial charge >= 0.3 is 12.1 Å². The van der Waals surface area contributed by atoms with Crippen molar-refractivity contribution in [3.63, 3.8) is 0 Å². The van der Waals surface area contributed by atoms with Gasteiger partial charge in [-0.25, -0.2) is 9.18 Å². The molecule has 0 aromatic heterocycles. The summed E-state index contributed by atoms with van der Waals surface area (Å²) in [6.07, 6.45) is -1.05. The van der Waals surface area contributed by atoms with Crippen molar-refractivity contribution in [2.24, 2.45) is 0 Å². The van der Waals surface area contributed by atoms with E-state index in [4.69, 9.17) is 9.47 Å². The second-order valence-electron chi connectivity index (χ2n) is 8.51. The number of halogens is 1. The lowest BCUT2D eigenvalue weighted by Crippen LogP contribution is -2.36. The lowest BCUT2D eigenvalue weighted by atomic mass is 9.90. The number of aryl methyl sites for hydroxylation is 2. The van der Waals surface area contributed by atoms with Gasteiger partial charge in [-0.15, -0.1) is 0 Å². The van der Waals surface area contributed by atoms with Crippen molar-refractivity contribution in [3.8, 4) is 17.2 Å². The number of alkyl carbamates (subject to hydrolysis) is 1. The second-order valence-corrected chi connectivity index (χ2v) is 8.51. The van der Waals surface area contributed by atoms with Crippen LogP contribution in [0.2, 0.25) is 0 Å². The summed E-state index contributed by atoms with van der Waals surface area (Å²) in [6, 6.07) is 9.70. The summed E-state index contributed by atoms with van der Waals surface area (Å²) < 4.78 is 25.6. The van der Waals surface area contributed by atoms with Crippen LogP contribution >= 0.6 is 0 Å². The predicted molar refractivity (Wildman–Crippen MR) is 119 cm³/mol. The third-order valence-corrected chi connectivity index (χ3v) is 4.71. The summed E-state index contributed by atoms with van der Waals surface area (Å²) in [4.78, 5) is 24.7. The number of nitriles is 1. The first-order valence-corrected chi connectivity index (χ1v) is 10.4. The molecule has 1 unspecified atom stereocenters.